The summed E-state index contributed by atoms with van der Waals surface area (Å²) in [6.45, 7) is 0.426. The molecule has 0 radical (unpaired) electrons. The Labute approximate surface area is 193 Å². The lowest BCUT2D eigenvalue weighted by molar-refractivity contribution is 0.0948. The Balaban J connectivity index is 1.67. The van der Waals surface area contributed by atoms with E-state index >= 15 is 0 Å². The van der Waals surface area contributed by atoms with E-state index in [1.54, 1.807) is 36.5 Å². The first-order chi connectivity index (χ1) is 16.5. The zero-order chi connectivity index (χ0) is 23.7. The molecule has 0 saturated carbocycles. The zero-order valence-corrected chi connectivity index (χ0v) is 18.0. The lowest BCUT2D eigenvalue weighted by atomic mass is 10.1. The van der Waals surface area contributed by atoms with Crippen LogP contribution in [0.2, 0.25) is 0 Å². The van der Waals surface area contributed by atoms with Crippen molar-refractivity contribution in [2.45, 2.75) is 13.1 Å². The molecule has 0 aliphatic heterocycles. The molecule has 0 aliphatic carbocycles. The van der Waals surface area contributed by atoms with Gasteiger partial charge in [0.1, 0.15) is 22.6 Å². The quantitative estimate of drug-likeness (QED) is 0.400. The first-order valence-corrected chi connectivity index (χ1v) is 10.7. The molecule has 2 N–H and O–H groups in total. The topological polar surface area (TPSA) is 92.2 Å². The van der Waals surface area contributed by atoms with Crippen molar-refractivity contribution in [2.75, 3.05) is 0 Å². The fourth-order valence-corrected chi connectivity index (χ4v) is 3.86. The molecule has 1 amide bonds. The molecule has 8 heteroatoms. The molecule has 0 bridgehead atoms. The standard InChI is InChI=1S/C26H20FN5O2/c27-19-11-9-18(10-12-19)16-32-23(28)20(25(33)29-15-17-6-2-1-3-7-17)14-21-24(32)30-22-8-4-5-13-31(22)26(21)34/h1-14,28H,15-16H2,(H,29,33). The number of amides is 1. The number of halogens is 1. The summed E-state index contributed by atoms with van der Waals surface area (Å²) >= 11 is 0. The van der Waals surface area contributed by atoms with Crippen molar-refractivity contribution in [1.29, 1.82) is 5.41 Å². The van der Waals surface area contributed by atoms with E-state index < -0.39 is 5.91 Å². The van der Waals surface area contributed by atoms with Crippen molar-refractivity contribution in [3.63, 3.8) is 0 Å². The van der Waals surface area contributed by atoms with Gasteiger partial charge < -0.3 is 9.88 Å². The third-order valence-corrected chi connectivity index (χ3v) is 5.61. The number of aromatic nitrogens is 3. The summed E-state index contributed by atoms with van der Waals surface area (Å²) in [5.41, 5.74) is 1.95. The van der Waals surface area contributed by atoms with Gasteiger partial charge in [-0.3, -0.25) is 19.4 Å². The van der Waals surface area contributed by atoms with Crippen LogP contribution < -0.4 is 16.4 Å². The van der Waals surface area contributed by atoms with E-state index in [1.807, 2.05) is 30.3 Å². The van der Waals surface area contributed by atoms with Crippen molar-refractivity contribution in [1.82, 2.24) is 19.3 Å². The summed E-state index contributed by atoms with van der Waals surface area (Å²) in [6.07, 6.45) is 1.61. The number of nitrogens with zero attached hydrogens (tertiary/aromatic N) is 3. The molecule has 5 rings (SSSR count). The number of benzene rings is 2. The zero-order valence-electron chi connectivity index (χ0n) is 18.0. The Morgan fingerprint density at radius 1 is 0.971 bits per heavy atom. The largest absolute Gasteiger partial charge is 0.348 e. The molecule has 7 nitrogen and oxygen atoms in total. The first kappa shape index (κ1) is 21.3. The van der Waals surface area contributed by atoms with Crippen LogP contribution in [0.3, 0.4) is 0 Å². The van der Waals surface area contributed by atoms with Crippen LogP contribution in [0, 0.1) is 11.2 Å². The minimum Gasteiger partial charge on any atom is -0.348 e. The maximum Gasteiger partial charge on any atom is 0.267 e. The number of pyridine rings is 2. The van der Waals surface area contributed by atoms with E-state index in [2.05, 4.69) is 10.3 Å². The SMILES string of the molecule is N=c1c(C(=O)NCc2ccccc2)cc2c(=O)n3ccccc3nc2n1Cc1ccc(F)cc1. The molecule has 34 heavy (non-hydrogen) atoms. The number of fused-ring (bicyclic) bond motifs is 2. The van der Waals surface area contributed by atoms with Gasteiger partial charge in [-0.15, -0.1) is 0 Å². The maximum absolute atomic E-state index is 13.4. The highest BCUT2D eigenvalue weighted by Crippen LogP contribution is 2.13. The minimum atomic E-state index is -0.471. The molecule has 0 spiro atoms. The van der Waals surface area contributed by atoms with Crippen LogP contribution in [0.5, 0.6) is 0 Å². The molecule has 0 atom stereocenters. The van der Waals surface area contributed by atoms with Crippen molar-refractivity contribution in [3.8, 4) is 0 Å². The van der Waals surface area contributed by atoms with E-state index in [1.165, 1.54) is 27.2 Å². The number of rotatable bonds is 5. The Bertz CT molecular complexity index is 1640. The summed E-state index contributed by atoms with van der Waals surface area (Å²) in [7, 11) is 0. The van der Waals surface area contributed by atoms with E-state index in [-0.39, 0.29) is 46.6 Å². The van der Waals surface area contributed by atoms with E-state index in [9.17, 15) is 14.0 Å². The highest BCUT2D eigenvalue weighted by Gasteiger charge is 2.18. The predicted octanol–water partition coefficient (Wildman–Crippen LogP) is 3.25. The summed E-state index contributed by atoms with van der Waals surface area (Å²) in [6, 6.07) is 21.9. The van der Waals surface area contributed by atoms with Gasteiger partial charge in [0.15, 0.2) is 0 Å². The van der Waals surface area contributed by atoms with Crippen LogP contribution in [0.1, 0.15) is 21.5 Å². The molecular formula is C26H20FN5O2. The van der Waals surface area contributed by atoms with E-state index in [4.69, 9.17) is 5.41 Å². The van der Waals surface area contributed by atoms with E-state index in [0.29, 0.717) is 11.2 Å². The molecule has 0 aliphatic rings. The normalized spacial score (nSPS) is 11.1. The smallest absolute Gasteiger partial charge is 0.267 e. The second-order valence-electron chi connectivity index (χ2n) is 7.87. The third kappa shape index (κ3) is 3.97. The summed E-state index contributed by atoms with van der Waals surface area (Å²) < 4.78 is 16.3. The van der Waals surface area contributed by atoms with Gasteiger partial charge in [-0.2, -0.15) is 0 Å². The monoisotopic (exact) mass is 453 g/mol. The number of nitrogens with one attached hydrogen (secondary N) is 2. The molecule has 5 aromatic rings. The van der Waals surface area contributed by atoms with Gasteiger partial charge in [0, 0.05) is 12.7 Å². The molecule has 3 aromatic heterocycles. The van der Waals surface area contributed by atoms with Crippen molar-refractivity contribution < 1.29 is 9.18 Å². The fraction of sp³-hybridized carbons (Fsp3) is 0.0769. The van der Waals surface area contributed by atoms with Crippen molar-refractivity contribution >= 4 is 22.6 Å². The molecular weight excluding hydrogens is 433 g/mol. The molecule has 3 heterocycles. The van der Waals surface area contributed by atoms with Crippen LogP contribution in [0.15, 0.2) is 89.9 Å². The average molecular weight is 453 g/mol. The van der Waals surface area contributed by atoms with Crippen molar-refractivity contribution in [2.24, 2.45) is 0 Å². The lowest BCUT2D eigenvalue weighted by Crippen LogP contribution is -2.35. The van der Waals surface area contributed by atoms with Gasteiger partial charge >= 0.3 is 0 Å². The van der Waals surface area contributed by atoms with Crippen LogP contribution in [-0.2, 0) is 13.1 Å². The molecule has 0 saturated heterocycles. The van der Waals surface area contributed by atoms with Crippen LogP contribution in [0.4, 0.5) is 4.39 Å². The Hall–Kier alpha value is -4.59. The number of carbonyl (C=O) groups is 1. The fourth-order valence-electron chi connectivity index (χ4n) is 3.86. The second kappa shape index (κ2) is 8.74. The Morgan fingerprint density at radius 3 is 2.47 bits per heavy atom. The summed E-state index contributed by atoms with van der Waals surface area (Å²) in [4.78, 5) is 31.0. The molecule has 0 unspecified atom stereocenters. The number of carbonyl (C=O) groups excluding carboxylic acids is 1. The van der Waals surface area contributed by atoms with Gasteiger partial charge in [0.05, 0.1) is 17.5 Å². The average Bonchev–Trinajstić information content (AvgIpc) is 2.86. The maximum atomic E-state index is 13.4. The highest BCUT2D eigenvalue weighted by molar-refractivity contribution is 5.96. The van der Waals surface area contributed by atoms with Crippen molar-refractivity contribution in [3.05, 3.63) is 123 Å². The van der Waals surface area contributed by atoms with Gasteiger partial charge in [0.25, 0.3) is 11.5 Å². The second-order valence-corrected chi connectivity index (χ2v) is 7.87. The van der Waals surface area contributed by atoms with E-state index in [0.717, 1.165) is 5.56 Å². The van der Waals surface area contributed by atoms with Crippen LogP contribution >= 0.6 is 0 Å². The van der Waals surface area contributed by atoms with Gasteiger partial charge in [-0.25, -0.2) is 9.37 Å². The summed E-state index contributed by atoms with van der Waals surface area (Å²) in [5, 5.41) is 11.8. The highest BCUT2D eigenvalue weighted by atomic mass is 19.1. The lowest BCUT2D eigenvalue weighted by Gasteiger charge is -2.15. The third-order valence-electron chi connectivity index (χ3n) is 5.61. The minimum absolute atomic E-state index is 0.0559. The van der Waals surface area contributed by atoms with Gasteiger partial charge in [-0.05, 0) is 41.5 Å². The van der Waals surface area contributed by atoms with Crippen LogP contribution in [-0.4, -0.2) is 19.9 Å². The molecule has 0 fully saturated rings. The number of hydrogen-bond acceptors (Lipinski definition) is 4. The Kier molecular flexibility index (Phi) is 5.47. The van der Waals surface area contributed by atoms with Gasteiger partial charge in [0.2, 0.25) is 0 Å². The summed E-state index contributed by atoms with van der Waals surface area (Å²) in [5.74, 6) is -0.845. The number of hydrogen-bond donors (Lipinski definition) is 2. The Morgan fingerprint density at radius 2 is 1.71 bits per heavy atom. The predicted molar refractivity (Wildman–Crippen MR) is 126 cm³/mol. The molecule has 2 aromatic carbocycles. The molecule has 168 valence electrons. The first-order valence-electron chi connectivity index (χ1n) is 10.7. The van der Waals surface area contributed by atoms with Gasteiger partial charge in [-0.1, -0.05) is 48.5 Å². The van der Waals surface area contributed by atoms with Crippen LogP contribution in [0.25, 0.3) is 16.7 Å².